The monoisotopic (exact) mass is 234 g/mol. The van der Waals surface area contributed by atoms with Gasteiger partial charge in [0, 0.05) is 5.39 Å². The molecule has 0 fully saturated rings. The third-order valence-electron chi connectivity index (χ3n) is 2.50. The highest BCUT2D eigenvalue weighted by Gasteiger charge is 2.18. The summed E-state index contributed by atoms with van der Waals surface area (Å²) >= 11 is 0. The molecule has 0 bridgehead atoms. The van der Waals surface area contributed by atoms with Gasteiger partial charge in [-0.3, -0.25) is 14.9 Å². The summed E-state index contributed by atoms with van der Waals surface area (Å²) in [5.41, 5.74) is -0.0625. The van der Waals surface area contributed by atoms with Crippen molar-refractivity contribution in [2.45, 2.75) is 6.92 Å². The maximum absolute atomic E-state index is 13.5. The minimum atomic E-state index is -0.716. The molecule has 0 saturated heterocycles. The molecule has 1 aromatic carbocycles. The Morgan fingerprint density at radius 1 is 1.47 bits per heavy atom. The van der Waals surface area contributed by atoms with E-state index in [0.717, 1.165) is 6.07 Å². The summed E-state index contributed by atoms with van der Waals surface area (Å²) in [5.74, 6) is -0.662. The third kappa shape index (κ3) is 1.73. The number of aryl methyl sites for hydroxylation is 1. The lowest BCUT2D eigenvalue weighted by Gasteiger charge is -2.04. The van der Waals surface area contributed by atoms with Gasteiger partial charge in [-0.1, -0.05) is 0 Å². The number of benzene rings is 1. The van der Waals surface area contributed by atoms with E-state index in [2.05, 4.69) is 4.98 Å². The van der Waals surface area contributed by atoms with Crippen molar-refractivity contribution in [2.24, 2.45) is 0 Å². The van der Waals surface area contributed by atoms with Crippen molar-refractivity contribution < 1.29 is 14.1 Å². The standard InChI is InChI=1S/C11H7FN2O3/c1-6-8-3-2-7(5-15)13-11(8)10(14(16)17)4-9(6)12/h2-5H,1H3. The second kappa shape index (κ2) is 3.89. The number of hydrogen-bond donors (Lipinski definition) is 0. The molecule has 2 rings (SSSR count). The van der Waals surface area contributed by atoms with Crippen LogP contribution < -0.4 is 0 Å². The van der Waals surface area contributed by atoms with Gasteiger partial charge in [-0.15, -0.1) is 0 Å². The fourth-order valence-corrected chi connectivity index (χ4v) is 1.60. The smallest absolute Gasteiger partial charge is 0.296 e. The van der Waals surface area contributed by atoms with E-state index in [0.29, 0.717) is 11.7 Å². The molecule has 1 heterocycles. The van der Waals surface area contributed by atoms with E-state index in [4.69, 9.17) is 0 Å². The molecule has 0 atom stereocenters. The van der Waals surface area contributed by atoms with Crippen molar-refractivity contribution in [3.05, 3.63) is 45.4 Å². The molecular formula is C11H7FN2O3. The zero-order valence-electron chi connectivity index (χ0n) is 8.81. The summed E-state index contributed by atoms with van der Waals surface area (Å²) in [6.45, 7) is 1.50. The Bertz CT molecular complexity index is 640. The lowest BCUT2D eigenvalue weighted by Crippen LogP contribution is -1.98. The lowest BCUT2D eigenvalue weighted by atomic mass is 10.1. The first-order chi connectivity index (χ1) is 8.04. The van der Waals surface area contributed by atoms with Gasteiger partial charge in [0.25, 0.3) is 5.69 Å². The van der Waals surface area contributed by atoms with Crippen LogP contribution in [0.2, 0.25) is 0 Å². The van der Waals surface area contributed by atoms with Gasteiger partial charge in [-0.2, -0.15) is 0 Å². The number of nitro groups is 1. The van der Waals surface area contributed by atoms with E-state index in [-0.39, 0.29) is 16.8 Å². The van der Waals surface area contributed by atoms with Crippen LogP contribution in [0.5, 0.6) is 0 Å². The van der Waals surface area contributed by atoms with E-state index in [1.807, 2.05) is 0 Å². The highest BCUT2D eigenvalue weighted by molar-refractivity contribution is 5.92. The SMILES string of the molecule is Cc1c(F)cc([N+](=O)[O-])c2nc(C=O)ccc12. The van der Waals surface area contributed by atoms with E-state index in [1.54, 1.807) is 0 Å². The summed E-state index contributed by atoms with van der Waals surface area (Å²) in [5, 5.41) is 11.1. The van der Waals surface area contributed by atoms with Crippen LogP contribution in [0.15, 0.2) is 18.2 Å². The second-order valence-corrected chi connectivity index (χ2v) is 3.51. The van der Waals surface area contributed by atoms with Crippen molar-refractivity contribution in [3.8, 4) is 0 Å². The van der Waals surface area contributed by atoms with Gasteiger partial charge in [0.1, 0.15) is 17.0 Å². The number of nitro benzene ring substituents is 1. The van der Waals surface area contributed by atoms with Gasteiger partial charge in [-0.25, -0.2) is 9.37 Å². The zero-order chi connectivity index (χ0) is 12.6. The van der Waals surface area contributed by atoms with Crippen LogP contribution in [-0.2, 0) is 0 Å². The van der Waals surface area contributed by atoms with Crippen LogP contribution in [0.25, 0.3) is 10.9 Å². The number of rotatable bonds is 2. The summed E-state index contributed by atoms with van der Waals surface area (Å²) in [7, 11) is 0. The summed E-state index contributed by atoms with van der Waals surface area (Å²) in [4.78, 5) is 24.5. The first kappa shape index (κ1) is 11.1. The van der Waals surface area contributed by atoms with Gasteiger partial charge in [0.15, 0.2) is 6.29 Å². The van der Waals surface area contributed by atoms with Gasteiger partial charge in [-0.05, 0) is 24.6 Å². The Hall–Kier alpha value is -2.37. The fraction of sp³-hybridized carbons (Fsp3) is 0.0909. The Morgan fingerprint density at radius 3 is 2.76 bits per heavy atom. The Kier molecular flexibility index (Phi) is 2.55. The van der Waals surface area contributed by atoms with Crippen LogP contribution >= 0.6 is 0 Å². The van der Waals surface area contributed by atoms with Crippen LogP contribution in [0.3, 0.4) is 0 Å². The average molecular weight is 234 g/mol. The molecule has 0 saturated carbocycles. The minimum Gasteiger partial charge on any atom is -0.296 e. The van der Waals surface area contributed by atoms with Crippen LogP contribution in [0.1, 0.15) is 16.1 Å². The van der Waals surface area contributed by atoms with Gasteiger partial charge in [0.2, 0.25) is 0 Å². The van der Waals surface area contributed by atoms with E-state index >= 15 is 0 Å². The van der Waals surface area contributed by atoms with Crippen LogP contribution in [0, 0.1) is 22.9 Å². The van der Waals surface area contributed by atoms with Crippen molar-refractivity contribution in [1.82, 2.24) is 4.98 Å². The molecule has 0 N–H and O–H groups in total. The average Bonchev–Trinajstić information content (AvgIpc) is 2.32. The highest BCUT2D eigenvalue weighted by Crippen LogP contribution is 2.28. The Balaban J connectivity index is 2.93. The molecule has 17 heavy (non-hydrogen) atoms. The molecule has 0 unspecified atom stereocenters. The number of carbonyl (C=O) groups excluding carboxylic acids is 1. The number of carbonyl (C=O) groups is 1. The maximum Gasteiger partial charge on any atom is 0.298 e. The topological polar surface area (TPSA) is 73.1 Å². The Morgan fingerprint density at radius 2 is 2.18 bits per heavy atom. The number of non-ortho nitro benzene ring substituents is 1. The fourth-order valence-electron chi connectivity index (χ4n) is 1.60. The zero-order valence-corrected chi connectivity index (χ0v) is 8.81. The largest absolute Gasteiger partial charge is 0.298 e. The van der Waals surface area contributed by atoms with Crippen molar-refractivity contribution in [2.75, 3.05) is 0 Å². The molecule has 0 aliphatic carbocycles. The molecule has 0 spiro atoms. The first-order valence-electron chi connectivity index (χ1n) is 4.74. The number of nitrogens with zero attached hydrogens (tertiary/aromatic N) is 2. The number of aromatic nitrogens is 1. The van der Waals surface area contributed by atoms with Crippen molar-refractivity contribution in [3.63, 3.8) is 0 Å². The number of halogens is 1. The third-order valence-corrected chi connectivity index (χ3v) is 2.50. The van der Waals surface area contributed by atoms with E-state index in [1.165, 1.54) is 19.1 Å². The minimum absolute atomic E-state index is 0.0264. The number of hydrogen-bond acceptors (Lipinski definition) is 4. The molecule has 0 radical (unpaired) electrons. The maximum atomic E-state index is 13.5. The lowest BCUT2D eigenvalue weighted by molar-refractivity contribution is -0.383. The molecule has 6 heteroatoms. The van der Waals surface area contributed by atoms with E-state index < -0.39 is 16.4 Å². The van der Waals surface area contributed by atoms with Gasteiger partial charge in [0.05, 0.1) is 11.0 Å². The predicted molar refractivity (Wildman–Crippen MR) is 58.5 cm³/mol. The van der Waals surface area contributed by atoms with Crippen LogP contribution in [0.4, 0.5) is 10.1 Å². The van der Waals surface area contributed by atoms with Crippen molar-refractivity contribution >= 4 is 22.9 Å². The molecule has 0 aliphatic heterocycles. The normalized spacial score (nSPS) is 10.5. The van der Waals surface area contributed by atoms with Crippen LogP contribution in [-0.4, -0.2) is 16.2 Å². The number of fused-ring (bicyclic) bond motifs is 1. The second-order valence-electron chi connectivity index (χ2n) is 3.51. The molecule has 0 amide bonds. The Labute approximate surface area is 95.0 Å². The predicted octanol–water partition coefficient (Wildman–Crippen LogP) is 2.40. The molecule has 1 aromatic heterocycles. The highest BCUT2D eigenvalue weighted by atomic mass is 19.1. The summed E-state index contributed by atoms with van der Waals surface area (Å²) in [6.07, 6.45) is 0.488. The number of aldehydes is 1. The molecule has 5 nitrogen and oxygen atoms in total. The molecular weight excluding hydrogens is 227 g/mol. The van der Waals surface area contributed by atoms with Gasteiger partial charge >= 0.3 is 0 Å². The summed E-state index contributed by atoms with van der Waals surface area (Å²) in [6, 6.07) is 3.67. The van der Waals surface area contributed by atoms with Crippen molar-refractivity contribution in [1.29, 1.82) is 0 Å². The van der Waals surface area contributed by atoms with Gasteiger partial charge < -0.3 is 0 Å². The van der Waals surface area contributed by atoms with E-state index in [9.17, 15) is 19.3 Å². The first-order valence-corrected chi connectivity index (χ1v) is 4.74. The summed E-state index contributed by atoms with van der Waals surface area (Å²) < 4.78 is 13.5. The quantitative estimate of drug-likeness (QED) is 0.454. The molecule has 86 valence electrons. The molecule has 0 aliphatic rings. The molecule has 2 aromatic rings. The number of pyridine rings is 1.